The molecule has 2 atom stereocenters. The van der Waals surface area contributed by atoms with Crippen LogP contribution in [0.15, 0.2) is 36.4 Å². The molecule has 0 bridgehead atoms. The molecule has 2 aromatic carbocycles. The highest BCUT2D eigenvalue weighted by molar-refractivity contribution is 5.92. The number of hydrogen-bond donors (Lipinski definition) is 0. The van der Waals surface area contributed by atoms with Gasteiger partial charge in [-0.25, -0.2) is 9.18 Å². The van der Waals surface area contributed by atoms with Gasteiger partial charge in [-0.2, -0.15) is 0 Å². The molecule has 3 fully saturated rings. The van der Waals surface area contributed by atoms with Crippen LogP contribution in [0.1, 0.15) is 53.9 Å². The number of piperidine rings is 1. The summed E-state index contributed by atoms with van der Waals surface area (Å²) in [4.78, 5) is 26.6. The van der Waals surface area contributed by atoms with Crippen molar-refractivity contribution in [2.75, 3.05) is 33.9 Å². The molecule has 0 N–H and O–H groups in total. The van der Waals surface area contributed by atoms with Crippen molar-refractivity contribution in [2.24, 2.45) is 5.41 Å². The SMILES string of the molecule is COC(=O)c1cc(F)c(OC)c(-c2ccc(C3CC34CCN(C(=O)C3CCCO3)CC4)cc2)c1. The Kier molecular flexibility index (Phi) is 6.06. The predicted molar refractivity (Wildman–Crippen MR) is 124 cm³/mol. The van der Waals surface area contributed by atoms with Crippen molar-refractivity contribution in [1.29, 1.82) is 0 Å². The number of halogens is 1. The van der Waals surface area contributed by atoms with Gasteiger partial charge in [-0.1, -0.05) is 24.3 Å². The van der Waals surface area contributed by atoms with E-state index >= 15 is 0 Å². The highest BCUT2D eigenvalue weighted by atomic mass is 19.1. The minimum atomic E-state index is -0.602. The molecule has 1 spiro atoms. The van der Waals surface area contributed by atoms with E-state index in [9.17, 15) is 14.0 Å². The van der Waals surface area contributed by atoms with Gasteiger partial charge in [0.15, 0.2) is 11.6 Å². The van der Waals surface area contributed by atoms with Crippen molar-refractivity contribution in [1.82, 2.24) is 4.90 Å². The first kappa shape index (κ1) is 22.8. The Balaban J connectivity index is 1.28. The number of ether oxygens (including phenoxy) is 3. The molecule has 5 rings (SSSR count). The fraction of sp³-hybridized carbons (Fsp3) is 0.481. The smallest absolute Gasteiger partial charge is 0.337 e. The number of carbonyl (C=O) groups excluding carboxylic acids is 2. The van der Waals surface area contributed by atoms with Crippen LogP contribution in [-0.2, 0) is 14.3 Å². The van der Waals surface area contributed by atoms with Crippen molar-refractivity contribution < 1.29 is 28.2 Å². The van der Waals surface area contributed by atoms with Crippen LogP contribution < -0.4 is 4.74 Å². The second-order valence-electron chi connectivity index (χ2n) is 9.60. The van der Waals surface area contributed by atoms with E-state index in [1.54, 1.807) is 6.07 Å². The lowest BCUT2D eigenvalue weighted by atomic mass is 9.88. The van der Waals surface area contributed by atoms with Gasteiger partial charge in [0.1, 0.15) is 6.10 Å². The lowest BCUT2D eigenvalue weighted by Crippen LogP contribution is -2.44. The van der Waals surface area contributed by atoms with Crippen LogP contribution in [0.5, 0.6) is 5.75 Å². The zero-order chi connectivity index (χ0) is 23.9. The molecule has 0 radical (unpaired) electrons. The Morgan fingerprint density at radius 3 is 2.47 bits per heavy atom. The summed E-state index contributed by atoms with van der Waals surface area (Å²) in [5.41, 5.74) is 2.96. The standard InChI is InChI=1S/C27H30FNO5/c1-32-24-20(14-19(15-22(24)28)26(31)33-2)17-5-7-18(8-6-17)21-16-27(21)9-11-29(12-10-27)25(30)23-4-3-13-34-23/h5-8,14-15,21,23H,3-4,9-13,16H2,1-2H3. The zero-order valence-corrected chi connectivity index (χ0v) is 19.6. The second-order valence-corrected chi connectivity index (χ2v) is 9.60. The summed E-state index contributed by atoms with van der Waals surface area (Å²) in [5.74, 6) is -0.462. The van der Waals surface area contributed by atoms with E-state index in [1.807, 2.05) is 17.0 Å². The van der Waals surface area contributed by atoms with Crippen LogP contribution in [-0.4, -0.2) is 56.8 Å². The molecule has 2 aromatic rings. The molecule has 7 heteroatoms. The maximum atomic E-state index is 14.6. The minimum absolute atomic E-state index is 0.103. The molecule has 180 valence electrons. The second kappa shape index (κ2) is 9.02. The first-order valence-electron chi connectivity index (χ1n) is 11.9. The normalized spacial score (nSPS) is 23.1. The molecule has 1 amide bonds. The first-order chi connectivity index (χ1) is 16.5. The van der Waals surface area contributed by atoms with Crippen LogP contribution in [0.4, 0.5) is 4.39 Å². The van der Waals surface area contributed by atoms with Gasteiger partial charge >= 0.3 is 5.97 Å². The molecule has 1 saturated carbocycles. The van der Waals surface area contributed by atoms with E-state index in [2.05, 4.69) is 12.1 Å². The van der Waals surface area contributed by atoms with E-state index in [1.165, 1.54) is 19.8 Å². The fourth-order valence-corrected chi connectivity index (χ4v) is 5.67. The van der Waals surface area contributed by atoms with E-state index < -0.39 is 11.8 Å². The predicted octanol–water partition coefficient (Wildman–Crippen LogP) is 4.56. The first-order valence-corrected chi connectivity index (χ1v) is 11.9. The molecule has 2 saturated heterocycles. The monoisotopic (exact) mass is 467 g/mol. The lowest BCUT2D eigenvalue weighted by Gasteiger charge is -2.34. The van der Waals surface area contributed by atoms with Crippen molar-refractivity contribution in [3.63, 3.8) is 0 Å². The molecule has 2 aliphatic heterocycles. The average molecular weight is 468 g/mol. The van der Waals surface area contributed by atoms with Gasteiger partial charge in [0.05, 0.1) is 19.8 Å². The Morgan fingerprint density at radius 2 is 1.85 bits per heavy atom. The number of carbonyl (C=O) groups is 2. The highest BCUT2D eigenvalue weighted by Gasteiger charge is 2.55. The van der Waals surface area contributed by atoms with Gasteiger partial charge in [-0.15, -0.1) is 0 Å². The van der Waals surface area contributed by atoms with Crippen LogP contribution >= 0.6 is 0 Å². The maximum Gasteiger partial charge on any atom is 0.337 e. The molecule has 0 aromatic heterocycles. The summed E-state index contributed by atoms with van der Waals surface area (Å²) < 4.78 is 30.2. The molecule has 6 nitrogen and oxygen atoms in total. The Bertz CT molecular complexity index is 1080. The van der Waals surface area contributed by atoms with Crippen molar-refractivity contribution in [2.45, 2.75) is 44.1 Å². The third-order valence-corrected chi connectivity index (χ3v) is 7.76. The topological polar surface area (TPSA) is 65.1 Å². The molecule has 2 heterocycles. The van der Waals surface area contributed by atoms with Gasteiger partial charge in [-0.3, -0.25) is 4.79 Å². The number of hydrogen-bond acceptors (Lipinski definition) is 5. The number of methoxy groups -OCH3 is 2. The summed E-state index contributed by atoms with van der Waals surface area (Å²) in [6.07, 6.45) is 4.72. The van der Waals surface area contributed by atoms with Crippen LogP contribution in [0.2, 0.25) is 0 Å². The van der Waals surface area contributed by atoms with Gasteiger partial charge in [0.25, 0.3) is 5.91 Å². The summed E-state index contributed by atoms with van der Waals surface area (Å²) in [5, 5.41) is 0. The number of nitrogens with zero attached hydrogens (tertiary/aromatic N) is 1. The highest BCUT2D eigenvalue weighted by Crippen LogP contribution is 2.65. The fourth-order valence-electron chi connectivity index (χ4n) is 5.67. The molecule has 1 aliphatic carbocycles. The van der Waals surface area contributed by atoms with E-state index in [-0.39, 0.29) is 28.7 Å². The summed E-state index contributed by atoms with van der Waals surface area (Å²) >= 11 is 0. The van der Waals surface area contributed by atoms with E-state index in [0.29, 0.717) is 18.1 Å². The van der Waals surface area contributed by atoms with Gasteiger partial charge in [-0.05, 0) is 66.7 Å². The van der Waals surface area contributed by atoms with Crippen molar-refractivity contribution in [3.8, 4) is 16.9 Å². The Morgan fingerprint density at radius 1 is 1.12 bits per heavy atom. The largest absolute Gasteiger partial charge is 0.493 e. The summed E-state index contributed by atoms with van der Waals surface area (Å²) in [6.45, 7) is 2.28. The van der Waals surface area contributed by atoms with Crippen LogP contribution in [0.25, 0.3) is 11.1 Å². The third-order valence-electron chi connectivity index (χ3n) is 7.76. The zero-order valence-electron chi connectivity index (χ0n) is 19.6. The number of likely N-dealkylation sites (tertiary alicyclic amines) is 1. The number of amides is 1. The van der Waals surface area contributed by atoms with Gasteiger partial charge < -0.3 is 19.1 Å². The van der Waals surface area contributed by atoms with E-state index in [0.717, 1.165) is 56.8 Å². The molecular weight excluding hydrogens is 437 g/mol. The van der Waals surface area contributed by atoms with Gasteiger partial charge in [0, 0.05) is 25.3 Å². The van der Waals surface area contributed by atoms with Crippen LogP contribution in [0, 0.1) is 11.2 Å². The van der Waals surface area contributed by atoms with Crippen molar-refractivity contribution in [3.05, 3.63) is 53.3 Å². The van der Waals surface area contributed by atoms with Crippen LogP contribution in [0.3, 0.4) is 0 Å². The molecule has 2 unspecified atom stereocenters. The van der Waals surface area contributed by atoms with Crippen molar-refractivity contribution >= 4 is 11.9 Å². The summed E-state index contributed by atoms with van der Waals surface area (Å²) in [7, 11) is 2.69. The molecular formula is C27H30FNO5. The van der Waals surface area contributed by atoms with E-state index in [4.69, 9.17) is 14.2 Å². The quantitative estimate of drug-likeness (QED) is 0.603. The minimum Gasteiger partial charge on any atom is -0.493 e. The lowest BCUT2D eigenvalue weighted by molar-refractivity contribution is -0.142. The maximum absolute atomic E-state index is 14.6. The molecule has 34 heavy (non-hydrogen) atoms. The molecule has 3 aliphatic rings. The number of rotatable bonds is 5. The number of benzene rings is 2. The average Bonchev–Trinajstić information content (AvgIpc) is 3.28. The Hall–Kier alpha value is -2.93. The number of esters is 1. The Labute approximate surface area is 199 Å². The van der Waals surface area contributed by atoms with Gasteiger partial charge in [0.2, 0.25) is 0 Å². The third kappa shape index (κ3) is 4.06. The summed E-state index contributed by atoms with van der Waals surface area (Å²) in [6, 6.07) is 10.8.